The molecule has 0 aliphatic carbocycles. The molecular formula is C12H19NO. The lowest BCUT2D eigenvalue weighted by molar-refractivity contribution is 0.123. The van der Waals surface area contributed by atoms with E-state index in [1.807, 2.05) is 7.05 Å². The fraction of sp³-hybridized carbons (Fsp3) is 0.500. The molecule has 1 aromatic carbocycles. The molecule has 0 aliphatic heterocycles. The molecule has 0 aromatic heterocycles. The van der Waals surface area contributed by atoms with Crippen LogP contribution < -0.4 is 5.32 Å². The van der Waals surface area contributed by atoms with Gasteiger partial charge in [0.15, 0.2) is 0 Å². The predicted octanol–water partition coefficient (Wildman–Crippen LogP) is 2.04. The summed E-state index contributed by atoms with van der Waals surface area (Å²) in [5.41, 5.74) is 3.89. The number of aryl methyl sites for hydroxylation is 2. The zero-order valence-electron chi connectivity index (χ0n) is 9.26. The van der Waals surface area contributed by atoms with Gasteiger partial charge < -0.3 is 10.1 Å². The summed E-state index contributed by atoms with van der Waals surface area (Å²) in [6.45, 7) is 6.62. The normalized spacial score (nSPS) is 10.5. The first-order valence-corrected chi connectivity index (χ1v) is 5.02. The van der Waals surface area contributed by atoms with Crippen molar-refractivity contribution in [1.82, 2.24) is 5.32 Å². The van der Waals surface area contributed by atoms with Crippen LogP contribution >= 0.6 is 0 Å². The SMILES string of the molecule is CNCCOCc1cc(C)ccc1C. The zero-order valence-corrected chi connectivity index (χ0v) is 9.26. The minimum absolute atomic E-state index is 0.717. The smallest absolute Gasteiger partial charge is 0.0720 e. The maximum atomic E-state index is 5.53. The van der Waals surface area contributed by atoms with E-state index in [-0.39, 0.29) is 0 Å². The van der Waals surface area contributed by atoms with E-state index in [0.717, 1.165) is 19.8 Å². The van der Waals surface area contributed by atoms with Gasteiger partial charge in [0.2, 0.25) is 0 Å². The summed E-state index contributed by atoms with van der Waals surface area (Å²) in [5, 5.41) is 3.05. The highest BCUT2D eigenvalue weighted by atomic mass is 16.5. The van der Waals surface area contributed by atoms with Crippen molar-refractivity contribution in [3.8, 4) is 0 Å². The first-order valence-electron chi connectivity index (χ1n) is 5.02. The summed E-state index contributed by atoms with van der Waals surface area (Å²) in [7, 11) is 1.93. The molecule has 1 N–H and O–H groups in total. The topological polar surface area (TPSA) is 21.3 Å². The Hall–Kier alpha value is -0.860. The Labute approximate surface area is 86.3 Å². The quantitative estimate of drug-likeness (QED) is 0.723. The van der Waals surface area contributed by atoms with Crippen LogP contribution in [0.3, 0.4) is 0 Å². The number of rotatable bonds is 5. The van der Waals surface area contributed by atoms with Crippen molar-refractivity contribution in [3.05, 3.63) is 34.9 Å². The van der Waals surface area contributed by atoms with Crippen molar-refractivity contribution in [2.45, 2.75) is 20.5 Å². The molecule has 78 valence electrons. The van der Waals surface area contributed by atoms with Gasteiger partial charge in [0.05, 0.1) is 13.2 Å². The predicted molar refractivity (Wildman–Crippen MR) is 59.5 cm³/mol. The maximum Gasteiger partial charge on any atom is 0.0720 e. The summed E-state index contributed by atoms with van der Waals surface area (Å²) >= 11 is 0. The van der Waals surface area contributed by atoms with Gasteiger partial charge in [0.25, 0.3) is 0 Å². The van der Waals surface area contributed by atoms with E-state index in [0.29, 0.717) is 0 Å². The van der Waals surface area contributed by atoms with Crippen LogP contribution in [0.5, 0.6) is 0 Å². The lowest BCUT2D eigenvalue weighted by Gasteiger charge is -2.07. The van der Waals surface area contributed by atoms with Crippen LogP contribution in [0.25, 0.3) is 0 Å². The molecule has 1 aromatic rings. The van der Waals surface area contributed by atoms with Crippen LogP contribution in [-0.4, -0.2) is 20.2 Å². The first-order chi connectivity index (χ1) is 6.74. The van der Waals surface area contributed by atoms with Crippen LogP contribution in [0.4, 0.5) is 0 Å². The third kappa shape index (κ3) is 3.48. The van der Waals surface area contributed by atoms with Crippen molar-refractivity contribution in [2.24, 2.45) is 0 Å². The number of hydrogen-bond acceptors (Lipinski definition) is 2. The van der Waals surface area contributed by atoms with Gasteiger partial charge >= 0.3 is 0 Å². The maximum absolute atomic E-state index is 5.53. The summed E-state index contributed by atoms with van der Waals surface area (Å²) < 4.78 is 5.53. The Morgan fingerprint density at radius 2 is 2.07 bits per heavy atom. The lowest BCUT2D eigenvalue weighted by Crippen LogP contribution is -2.14. The molecule has 0 spiro atoms. The summed E-state index contributed by atoms with van der Waals surface area (Å²) in [4.78, 5) is 0. The van der Waals surface area contributed by atoms with Gasteiger partial charge in [-0.25, -0.2) is 0 Å². The molecule has 0 atom stereocenters. The van der Waals surface area contributed by atoms with Crippen LogP contribution in [0, 0.1) is 13.8 Å². The minimum Gasteiger partial charge on any atom is -0.375 e. The second-order valence-corrected chi connectivity index (χ2v) is 3.59. The second-order valence-electron chi connectivity index (χ2n) is 3.59. The number of ether oxygens (including phenoxy) is 1. The molecule has 0 radical (unpaired) electrons. The van der Waals surface area contributed by atoms with Crippen molar-refractivity contribution >= 4 is 0 Å². The van der Waals surface area contributed by atoms with Gasteiger partial charge in [-0.15, -0.1) is 0 Å². The van der Waals surface area contributed by atoms with Crippen LogP contribution in [0.2, 0.25) is 0 Å². The molecule has 2 nitrogen and oxygen atoms in total. The molecule has 0 heterocycles. The fourth-order valence-corrected chi connectivity index (χ4v) is 1.31. The Bertz CT molecular complexity index is 284. The number of likely N-dealkylation sites (N-methyl/N-ethyl adjacent to an activating group) is 1. The molecule has 2 heteroatoms. The van der Waals surface area contributed by atoms with Gasteiger partial charge in [-0.05, 0) is 32.0 Å². The van der Waals surface area contributed by atoms with Crippen molar-refractivity contribution in [2.75, 3.05) is 20.2 Å². The van der Waals surface area contributed by atoms with E-state index in [1.165, 1.54) is 16.7 Å². The highest BCUT2D eigenvalue weighted by molar-refractivity contribution is 5.29. The molecule has 0 amide bonds. The van der Waals surface area contributed by atoms with Gasteiger partial charge in [-0.3, -0.25) is 0 Å². The zero-order chi connectivity index (χ0) is 10.4. The van der Waals surface area contributed by atoms with E-state index in [4.69, 9.17) is 4.74 Å². The highest BCUT2D eigenvalue weighted by Gasteiger charge is 1.98. The standard InChI is InChI=1S/C12H19NO/c1-10-4-5-11(2)12(8-10)9-14-7-6-13-3/h4-5,8,13H,6-7,9H2,1-3H3. The molecule has 0 fully saturated rings. The van der Waals surface area contributed by atoms with E-state index >= 15 is 0 Å². The van der Waals surface area contributed by atoms with E-state index in [1.54, 1.807) is 0 Å². The van der Waals surface area contributed by atoms with Crippen molar-refractivity contribution in [3.63, 3.8) is 0 Å². The Balaban J connectivity index is 2.45. The van der Waals surface area contributed by atoms with Gasteiger partial charge in [-0.2, -0.15) is 0 Å². The van der Waals surface area contributed by atoms with Crippen LogP contribution in [-0.2, 0) is 11.3 Å². The van der Waals surface area contributed by atoms with Crippen LogP contribution in [0.15, 0.2) is 18.2 Å². The molecule has 14 heavy (non-hydrogen) atoms. The largest absolute Gasteiger partial charge is 0.375 e. The summed E-state index contributed by atoms with van der Waals surface area (Å²) in [6.07, 6.45) is 0. The Morgan fingerprint density at radius 3 is 2.79 bits per heavy atom. The summed E-state index contributed by atoms with van der Waals surface area (Å²) in [6, 6.07) is 6.47. The third-order valence-electron chi connectivity index (χ3n) is 2.26. The number of hydrogen-bond donors (Lipinski definition) is 1. The van der Waals surface area contributed by atoms with Gasteiger partial charge in [0, 0.05) is 6.54 Å². The molecular weight excluding hydrogens is 174 g/mol. The lowest BCUT2D eigenvalue weighted by atomic mass is 10.1. The second kappa shape index (κ2) is 5.78. The highest BCUT2D eigenvalue weighted by Crippen LogP contribution is 2.11. The Morgan fingerprint density at radius 1 is 1.29 bits per heavy atom. The summed E-state index contributed by atoms with van der Waals surface area (Å²) in [5.74, 6) is 0. The Kier molecular flexibility index (Phi) is 4.63. The van der Waals surface area contributed by atoms with E-state index in [9.17, 15) is 0 Å². The monoisotopic (exact) mass is 193 g/mol. The fourth-order valence-electron chi connectivity index (χ4n) is 1.31. The number of nitrogens with one attached hydrogen (secondary N) is 1. The number of benzene rings is 1. The van der Waals surface area contributed by atoms with E-state index in [2.05, 4.69) is 37.4 Å². The average Bonchev–Trinajstić information content (AvgIpc) is 2.18. The van der Waals surface area contributed by atoms with Gasteiger partial charge in [0.1, 0.15) is 0 Å². The third-order valence-corrected chi connectivity index (χ3v) is 2.26. The van der Waals surface area contributed by atoms with Crippen molar-refractivity contribution < 1.29 is 4.74 Å². The molecule has 0 aliphatic rings. The minimum atomic E-state index is 0.717. The average molecular weight is 193 g/mol. The van der Waals surface area contributed by atoms with Gasteiger partial charge in [-0.1, -0.05) is 23.8 Å². The van der Waals surface area contributed by atoms with E-state index < -0.39 is 0 Å². The molecule has 0 unspecified atom stereocenters. The first kappa shape index (κ1) is 11.2. The van der Waals surface area contributed by atoms with Crippen molar-refractivity contribution in [1.29, 1.82) is 0 Å². The molecule has 0 saturated heterocycles. The van der Waals surface area contributed by atoms with Crippen LogP contribution in [0.1, 0.15) is 16.7 Å². The molecule has 0 saturated carbocycles. The molecule has 1 rings (SSSR count). The molecule has 0 bridgehead atoms.